The van der Waals surface area contributed by atoms with Crippen LogP contribution in [0.15, 0.2) is 24.3 Å². The van der Waals surface area contributed by atoms with Gasteiger partial charge in [0.2, 0.25) is 0 Å². The average Bonchev–Trinajstić information content (AvgIpc) is 2.04. The molecule has 0 aromatic heterocycles. The van der Waals surface area contributed by atoms with Crippen LogP contribution in [0.25, 0.3) is 0 Å². The molecule has 0 saturated carbocycles. The summed E-state index contributed by atoms with van der Waals surface area (Å²) in [7, 11) is 0. The molecule has 0 aliphatic carbocycles. The summed E-state index contributed by atoms with van der Waals surface area (Å²) >= 11 is 0. The molecule has 0 nitrogen and oxygen atoms in total. The van der Waals surface area contributed by atoms with E-state index in [1.54, 1.807) is 0 Å². The Balaban J connectivity index is 0.00000144. The van der Waals surface area contributed by atoms with Crippen molar-refractivity contribution in [1.82, 2.24) is 0 Å². The molecule has 1 radical (unpaired) electrons. The van der Waals surface area contributed by atoms with Gasteiger partial charge >= 0.3 is 0 Å². The van der Waals surface area contributed by atoms with E-state index < -0.39 is 0 Å². The van der Waals surface area contributed by atoms with Crippen LogP contribution in [-0.2, 0) is 0 Å². The molecule has 0 aliphatic heterocycles. The van der Waals surface area contributed by atoms with Crippen molar-refractivity contribution in [3.8, 4) is 0 Å². The topological polar surface area (TPSA) is 0 Å². The van der Waals surface area contributed by atoms with Gasteiger partial charge < -0.3 is 0 Å². The number of benzene rings is 1. The van der Waals surface area contributed by atoms with Crippen LogP contribution in [0.1, 0.15) is 50.7 Å². The summed E-state index contributed by atoms with van der Waals surface area (Å²) in [5, 5.41) is 0. The number of hydrogen-bond donors (Lipinski definition) is 0. The summed E-state index contributed by atoms with van der Waals surface area (Å²) in [5.74, 6) is 1.28. The molecule has 1 heteroatoms. The molecule has 13 heavy (non-hydrogen) atoms. The third-order valence-electron chi connectivity index (χ3n) is 2.24. The van der Waals surface area contributed by atoms with Gasteiger partial charge in [0.15, 0.2) is 0 Å². The number of rotatable bonds is 2. The van der Waals surface area contributed by atoms with E-state index in [9.17, 15) is 0 Å². The molecule has 1 aromatic rings. The van der Waals surface area contributed by atoms with Crippen molar-refractivity contribution in [2.75, 3.05) is 0 Å². The SMILES string of the molecule is CC(C)c1ccccc1C(C)C.[K]. The maximum Gasteiger partial charge on any atom is 0 e. The molecule has 0 heterocycles. The molecule has 0 bridgehead atoms. The minimum absolute atomic E-state index is 0. The standard InChI is InChI=1S/C12H18.K/c1-9(2)11-7-5-6-8-12(11)10(3)4;/h5-10H,1-4H3;. The Morgan fingerprint density at radius 1 is 0.769 bits per heavy atom. The van der Waals surface area contributed by atoms with E-state index in [2.05, 4.69) is 52.0 Å². The molecule has 0 amide bonds. The van der Waals surface area contributed by atoms with E-state index in [1.807, 2.05) is 0 Å². The molecule has 1 rings (SSSR count). The van der Waals surface area contributed by atoms with Crippen molar-refractivity contribution in [3.63, 3.8) is 0 Å². The van der Waals surface area contributed by atoms with E-state index in [1.165, 1.54) is 11.1 Å². The van der Waals surface area contributed by atoms with Crippen LogP contribution in [0.4, 0.5) is 0 Å². The van der Waals surface area contributed by atoms with Gasteiger partial charge in [0.25, 0.3) is 0 Å². The fourth-order valence-corrected chi connectivity index (χ4v) is 1.56. The first-order valence-corrected chi connectivity index (χ1v) is 4.71. The molecule has 0 atom stereocenters. The van der Waals surface area contributed by atoms with Gasteiger partial charge in [0, 0.05) is 51.4 Å². The van der Waals surface area contributed by atoms with E-state index in [4.69, 9.17) is 0 Å². The van der Waals surface area contributed by atoms with Crippen LogP contribution in [-0.4, -0.2) is 51.4 Å². The zero-order chi connectivity index (χ0) is 9.14. The molecule has 0 aliphatic rings. The third kappa shape index (κ3) is 3.84. The monoisotopic (exact) mass is 201 g/mol. The van der Waals surface area contributed by atoms with E-state index in [0.29, 0.717) is 11.8 Å². The molecule has 0 unspecified atom stereocenters. The van der Waals surface area contributed by atoms with Gasteiger partial charge in [-0.05, 0) is 23.0 Å². The van der Waals surface area contributed by atoms with Crippen LogP contribution >= 0.6 is 0 Å². The van der Waals surface area contributed by atoms with Gasteiger partial charge in [-0.1, -0.05) is 52.0 Å². The van der Waals surface area contributed by atoms with Crippen molar-refractivity contribution < 1.29 is 0 Å². The summed E-state index contributed by atoms with van der Waals surface area (Å²) in [6.45, 7) is 9.00. The Morgan fingerprint density at radius 3 is 1.31 bits per heavy atom. The minimum atomic E-state index is 0. The van der Waals surface area contributed by atoms with Crippen molar-refractivity contribution in [2.45, 2.75) is 39.5 Å². The second-order valence-corrected chi connectivity index (χ2v) is 3.94. The van der Waals surface area contributed by atoms with Gasteiger partial charge in [-0.3, -0.25) is 0 Å². The van der Waals surface area contributed by atoms with Crippen LogP contribution in [0.3, 0.4) is 0 Å². The predicted molar refractivity (Wildman–Crippen MR) is 60.4 cm³/mol. The first kappa shape index (κ1) is 13.9. The second-order valence-electron chi connectivity index (χ2n) is 3.94. The Bertz CT molecular complexity index is 224. The summed E-state index contributed by atoms with van der Waals surface area (Å²) in [4.78, 5) is 0. The summed E-state index contributed by atoms with van der Waals surface area (Å²) in [5.41, 5.74) is 2.99. The maximum atomic E-state index is 2.25. The zero-order valence-corrected chi connectivity index (χ0v) is 12.6. The Hall–Kier alpha value is 0.856. The maximum absolute atomic E-state index is 2.25. The van der Waals surface area contributed by atoms with E-state index >= 15 is 0 Å². The van der Waals surface area contributed by atoms with Crippen molar-refractivity contribution >= 4 is 51.4 Å². The summed E-state index contributed by atoms with van der Waals surface area (Å²) < 4.78 is 0. The summed E-state index contributed by atoms with van der Waals surface area (Å²) in [6.07, 6.45) is 0. The smallest absolute Gasteiger partial charge is 0 e. The van der Waals surface area contributed by atoms with Crippen molar-refractivity contribution in [3.05, 3.63) is 35.4 Å². The van der Waals surface area contributed by atoms with Gasteiger partial charge in [0.05, 0.1) is 0 Å². The van der Waals surface area contributed by atoms with Crippen molar-refractivity contribution in [2.24, 2.45) is 0 Å². The molecule has 0 saturated heterocycles. The fourth-order valence-electron chi connectivity index (χ4n) is 1.56. The Morgan fingerprint density at radius 2 is 1.08 bits per heavy atom. The van der Waals surface area contributed by atoms with Crippen LogP contribution in [0, 0.1) is 0 Å². The van der Waals surface area contributed by atoms with Crippen molar-refractivity contribution in [1.29, 1.82) is 0 Å². The molecule has 0 fully saturated rings. The van der Waals surface area contributed by atoms with Crippen LogP contribution in [0.5, 0.6) is 0 Å². The Labute approximate surface area is 125 Å². The van der Waals surface area contributed by atoms with Gasteiger partial charge in [-0.15, -0.1) is 0 Å². The average molecular weight is 201 g/mol. The molecular formula is C12H18K. The van der Waals surface area contributed by atoms with E-state index in [0.717, 1.165) is 0 Å². The summed E-state index contributed by atoms with van der Waals surface area (Å²) in [6, 6.07) is 8.72. The normalized spacial score (nSPS) is 10.3. The predicted octanol–water partition coefficient (Wildman–Crippen LogP) is 3.55. The fraction of sp³-hybridized carbons (Fsp3) is 0.500. The van der Waals surface area contributed by atoms with Crippen LogP contribution < -0.4 is 0 Å². The Kier molecular flexibility index (Phi) is 6.78. The van der Waals surface area contributed by atoms with Crippen LogP contribution in [0.2, 0.25) is 0 Å². The first-order chi connectivity index (χ1) is 5.63. The second kappa shape index (κ2) is 6.36. The van der Waals surface area contributed by atoms with Gasteiger partial charge in [-0.2, -0.15) is 0 Å². The minimum Gasteiger partial charge on any atom is -0.0620 e. The quantitative estimate of drug-likeness (QED) is 0.642. The first-order valence-electron chi connectivity index (χ1n) is 4.71. The molecule has 1 aromatic carbocycles. The van der Waals surface area contributed by atoms with Gasteiger partial charge in [-0.25, -0.2) is 0 Å². The largest absolute Gasteiger partial charge is 0.0620 e. The molecule has 0 N–H and O–H groups in total. The third-order valence-corrected chi connectivity index (χ3v) is 2.24. The molecular weight excluding hydrogens is 183 g/mol. The number of hydrogen-bond acceptors (Lipinski definition) is 0. The molecule has 0 spiro atoms. The van der Waals surface area contributed by atoms with E-state index in [-0.39, 0.29) is 51.4 Å². The molecule has 67 valence electrons. The zero-order valence-electron chi connectivity index (χ0n) is 9.46. The van der Waals surface area contributed by atoms with Gasteiger partial charge in [0.1, 0.15) is 0 Å².